The molecule has 96 valence electrons. The van der Waals surface area contributed by atoms with Gasteiger partial charge in [0.25, 0.3) is 5.91 Å². The summed E-state index contributed by atoms with van der Waals surface area (Å²) in [5.74, 6) is -1.57. The van der Waals surface area contributed by atoms with E-state index in [-0.39, 0.29) is 11.3 Å². The normalized spacial score (nSPS) is 9.39. The summed E-state index contributed by atoms with van der Waals surface area (Å²) in [5.41, 5.74) is 0.0425. The maximum Gasteiger partial charge on any atom is 0.413 e. The standard InChI is InChI=1S/C11H11NO6/c1-17-11(16)12-9(13)6-18-8-4-2-3-7(5-8)10(14)15/h2-5H,6H2,1H3,(H,14,15)(H,12,13,16). The number of ether oxygens (including phenoxy) is 2. The van der Waals surface area contributed by atoms with E-state index in [0.717, 1.165) is 7.11 Å². The van der Waals surface area contributed by atoms with Gasteiger partial charge in [-0.05, 0) is 18.2 Å². The van der Waals surface area contributed by atoms with Crippen LogP contribution in [0.5, 0.6) is 5.75 Å². The van der Waals surface area contributed by atoms with E-state index in [1.165, 1.54) is 24.3 Å². The predicted octanol–water partition coefficient (Wildman–Crippen LogP) is 0.646. The first-order valence-electron chi connectivity index (χ1n) is 4.87. The number of carboxylic acids is 1. The molecule has 0 heterocycles. The number of carbonyl (C=O) groups excluding carboxylic acids is 2. The zero-order valence-electron chi connectivity index (χ0n) is 9.50. The number of rotatable bonds is 4. The third kappa shape index (κ3) is 4.12. The Morgan fingerprint density at radius 3 is 2.67 bits per heavy atom. The molecule has 2 N–H and O–H groups in total. The number of benzene rings is 1. The summed E-state index contributed by atoms with van der Waals surface area (Å²) in [5, 5.41) is 10.6. The van der Waals surface area contributed by atoms with Gasteiger partial charge in [-0.25, -0.2) is 9.59 Å². The number of alkyl carbamates (subject to hydrolysis) is 1. The molecule has 0 atom stereocenters. The maximum atomic E-state index is 11.2. The Bertz CT molecular complexity index is 470. The molecule has 1 rings (SSSR count). The van der Waals surface area contributed by atoms with Gasteiger partial charge in [0.15, 0.2) is 6.61 Å². The molecule has 7 heteroatoms. The Morgan fingerprint density at radius 1 is 1.33 bits per heavy atom. The number of nitrogens with one attached hydrogen (secondary N) is 1. The molecule has 0 aliphatic carbocycles. The summed E-state index contributed by atoms with van der Waals surface area (Å²) in [6, 6.07) is 5.65. The van der Waals surface area contributed by atoms with Crippen molar-refractivity contribution >= 4 is 18.0 Å². The maximum absolute atomic E-state index is 11.2. The third-order valence-corrected chi connectivity index (χ3v) is 1.88. The summed E-state index contributed by atoms with van der Waals surface area (Å²) < 4.78 is 9.24. The van der Waals surface area contributed by atoms with E-state index in [0.29, 0.717) is 0 Å². The van der Waals surface area contributed by atoms with Gasteiger partial charge >= 0.3 is 12.1 Å². The third-order valence-electron chi connectivity index (χ3n) is 1.88. The fraction of sp³-hybridized carbons (Fsp3) is 0.182. The Morgan fingerprint density at radius 2 is 2.06 bits per heavy atom. The molecule has 0 aliphatic rings. The minimum absolute atomic E-state index is 0.0425. The fourth-order valence-electron chi connectivity index (χ4n) is 1.07. The highest BCUT2D eigenvalue weighted by molar-refractivity contribution is 5.92. The number of imide groups is 1. The molecule has 0 saturated carbocycles. The van der Waals surface area contributed by atoms with E-state index in [4.69, 9.17) is 9.84 Å². The van der Waals surface area contributed by atoms with E-state index in [1.54, 1.807) is 0 Å². The average molecular weight is 253 g/mol. The van der Waals surface area contributed by atoms with Crippen molar-refractivity contribution in [2.24, 2.45) is 0 Å². The molecule has 0 aromatic heterocycles. The van der Waals surface area contributed by atoms with Gasteiger partial charge < -0.3 is 14.6 Å². The van der Waals surface area contributed by atoms with E-state index >= 15 is 0 Å². The summed E-state index contributed by atoms with van der Waals surface area (Å²) in [7, 11) is 1.12. The monoisotopic (exact) mass is 253 g/mol. The van der Waals surface area contributed by atoms with Gasteiger partial charge in [-0.15, -0.1) is 0 Å². The van der Waals surface area contributed by atoms with E-state index in [2.05, 4.69) is 4.74 Å². The number of amides is 2. The van der Waals surface area contributed by atoms with Crippen molar-refractivity contribution in [2.75, 3.05) is 13.7 Å². The zero-order chi connectivity index (χ0) is 13.5. The molecule has 0 bridgehead atoms. The molecule has 18 heavy (non-hydrogen) atoms. The van der Waals surface area contributed by atoms with Gasteiger partial charge in [-0.2, -0.15) is 0 Å². The minimum atomic E-state index is -1.10. The summed E-state index contributed by atoms with van der Waals surface area (Å²) in [6.07, 6.45) is -0.886. The van der Waals surface area contributed by atoms with Crippen molar-refractivity contribution in [3.8, 4) is 5.75 Å². The first-order chi connectivity index (χ1) is 8.52. The van der Waals surface area contributed by atoms with Crippen molar-refractivity contribution in [2.45, 2.75) is 0 Å². The van der Waals surface area contributed by atoms with Gasteiger partial charge in [-0.1, -0.05) is 6.07 Å². The second kappa shape index (κ2) is 6.24. The Labute approximate surface area is 102 Å². The number of hydrogen-bond donors (Lipinski definition) is 2. The van der Waals surface area contributed by atoms with Crippen LogP contribution in [0.15, 0.2) is 24.3 Å². The van der Waals surface area contributed by atoms with Gasteiger partial charge in [0.05, 0.1) is 12.7 Å². The van der Waals surface area contributed by atoms with E-state index < -0.39 is 24.6 Å². The Kier molecular flexibility index (Phi) is 4.67. The van der Waals surface area contributed by atoms with Crippen LogP contribution in [0.2, 0.25) is 0 Å². The second-order valence-corrected chi connectivity index (χ2v) is 3.16. The molecule has 0 radical (unpaired) electrons. The highest BCUT2D eigenvalue weighted by Gasteiger charge is 2.09. The van der Waals surface area contributed by atoms with Gasteiger partial charge in [-0.3, -0.25) is 10.1 Å². The SMILES string of the molecule is COC(=O)NC(=O)COc1cccc(C(=O)O)c1. The van der Waals surface area contributed by atoms with Crippen LogP contribution in [0, 0.1) is 0 Å². The van der Waals surface area contributed by atoms with Crippen molar-refractivity contribution in [3.63, 3.8) is 0 Å². The molecule has 1 aromatic rings. The number of carbonyl (C=O) groups is 3. The van der Waals surface area contributed by atoms with Crippen LogP contribution < -0.4 is 10.1 Å². The van der Waals surface area contributed by atoms with Crippen LogP contribution >= 0.6 is 0 Å². The predicted molar refractivity (Wildman–Crippen MR) is 59.4 cm³/mol. The first kappa shape index (κ1) is 13.5. The van der Waals surface area contributed by atoms with Gasteiger partial charge in [0, 0.05) is 0 Å². The minimum Gasteiger partial charge on any atom is -0.484 e. The van der Waals surface area contributed by atoms with Crippen molar-refractivity contribution < 1.29 is 29.0 Å². The Hall–Kier alpha value is -2.57. The highest BCUT2D eigenvalue weighted by atomic mass is 16.5. The topological polar surface area (TPSA) is 102 Å². The number of aromatic carboxylic acids is 1. The summed E-state index contributed by atoms with van der Waals surface area (Å²) in [4.78, 5) is 32.5. The fourth-order valence-corrected chi connectivity index (χ4v) is 1.07. The highest BCUT2D eigenvalue weighted by Crippen LogP contribution is 2.12. The molecule has 0 unspecified atom stereocenters. The molecule has 7 nitrogen and oxygen atoms in total. The molecule has 2 amide bonds. The number of methoxy groups -OCH3 is 1. The molecule has 0 saturated heterocycles. The zero-order valence-corrected chi connectivity index (χ0v) is 9.50. The number of hydrogen-bond acceptors (Lipinski definition) is 5. The van der Waals surface area contributed by atoms with Crippen molar-refractivity contribution in [3.05, 3.63) is 29.8 Å². The smallest absolute Gasteiger partial charge is 0.413 e. The first-order valence-corrected chi connectivity index (χ1v) is 4.87. The molecule has 0 fully saturated rings. The quantitative estimate of drug-likeness (QED) is 0.816. The lowest BCUT2D eigenvalue weighted by atomic mass is 10.2. The lowest BCUT2D eigenvalue weighted by molar-refractivity contribution is -0.122. The van der Waals surface area contributed by atoms with Crippen LogP contribution in [0.1, 0.15) is 10.4 Å². The van der Waals surface area contributed by atoms with Crippen LogP contribution in [0.3, 0.4) is 0 Å². The van der Waals surface area contributed by atoms with E-state index in [1.807, 2.05) is 5.32 Å². The molecule has 1 aromatic carbocycles. The van der Waals surface area contributed by atoms with Crippen LogP contribution in [0.25, 0.3) is 0 Å². The molecule has 0 aliphatic heterocycles. The molecular weight excluding hydrogens is 242 g/mol. The molecule has 0 spiro atoms. The second-order valence-electron chi connectivity index (χ2n) is 3.16. The van der Waals surface area contributed by atoms with Crippen molar-refractivity contribution in [1.82, 2.24) is 5.32 Å². The van der Waals surface area contributed by atoms with Gasteiger partial charge in [0.1, 0.15) is 5.75 Å². The summed E-state index contributed by atoms with van der Waals surface area (Å²) >= 11 is 0. The molecular formula is C11H11NO6. The van der Waals surface area contributed by atoms with Crippen molar-refractivity contribution in [1.29, 1.82) is 0 Å². The average Bonchev–Trinajstić information content (AvgIpc) is 2.36. The lowest BCUT2D eigenvalue weighted by Crippen LogP contribution is -2.34. The van der Waals surface area contributed by atoms with Gasteiger partial charge in [0.2, 0.25) is 0 Å². The van der Waals surface area contributed by atoms with Crippen LogP contribution in [0.4, 0.5) is 4.79 Å². The van der Waals surface area contributed by atoms with Crippen LogP contribution in [-0.2, 0) is 9.53 Å². The van der Waals surface area contributed by atoms with E-state index in [9.17, 15) is 14.4 Å². The number of carboxylic acid groups (broad SMARTS) is 1. The summed E-state index contributed by atoms with van der Waals surface area (Å²) in [6.45, 7) is -0.418. The lowest BCUT2D eigenvalue weighted by Gasteiger charge is -2.06. The Balaban J connectivity index is 2.53. The largest absolute Gasteiger partial charge is 0.484 e. The van der Waals surface area contributed by atoms with Crippen LogP contribution in [-0.4, -0.2) is 36.8 Å².